The minimum atomic E-state index is -0.0910. The molecule has 2 aromatic carbocycles. The fourth-order valence-corrected chi connectivity index (χ4v) is 5.39. The predicted octanol–water partition coefficient (Wildman–Crippen LogP) is 4.35. The predicted molar refractivity (Wildman–Crippen MR) is 153 cm³/mol. The number of piperidine rings is 2. The lowest BCUT2D eigenvalue weighted by atomic mass is 9.99. The maximum Gasteiger partial charge on any atom is 0.251 e. The molecule has 0 bridgehead atoms. The van der Waals surface area contributed by atoms with Crippen molar-refractivity contribution in [3.63, 3.8) is 0 Å². The molecule has 10 heteroatoms. The quantitative estimate of drug-likeness (QED) is 0.360. The number of rotatable bonds is 8. The van der Waals surface area contributed by atoms with E-state index in [1.165, 1.54) is 0 Å². The maximum atomic E-state index is 12.9. The van der Waals surface area contributed by atoms with E-state index in [0.717, 1.165) is 73.0 Å². The Morgan fingerprint density at radius 2 is 1.92 bits per heavy atom. The van der Waals surface area contributed by atoms with Crippen LogP contribution in [0.2, 0.25) is 0 Å². The molecular weight excluding hydrogens is 548 g/mol. The van der Waals surface area contributed by atoms with E-state index in [4.69, 9.17) is 14.5 Å². The summed E-state index contributed by atoms with van der Waals surface area (Å²) in [5.74, 6) is 2.14. The fourth-order valence-electron chi connectivity index (χ4n) is 4.97. The van der Waals surface area contributed by atoms with Gasteiger partial charge in [0.2, 0.25) is 5.95 Å². The van der Waals surface area contributed by atoms with Crippen molar-refractivity contribution in [3.05, 3.63) is 46.6 Å². The summed E-state index contributed by atoms with van der Waals surface area (Å²) < 4.78 is 12.8. The Balaban J connectivity index is 1.32. The van der Waals surface area contributed by atoms with Gasteiger partial charge in [0, 0.05) is 27.7 Å². The van der Waals surface area contributed by atoms with E-state index >= 15 is 0 Å². The summed E-state index contributed by atoms with van der Waals surface area (Å²) in [6.07, 6.45) is 5.92. The third-order valence-electron chi connectivity index (χ3n) is 7.36. The molecule has 3 heterocycles. The highest BCUT2D eigenvalue weighted by Crippen LogP contribution is 2.33. The molecule has 0 atom stereocenters. The Morgan fingerprint density at radius 3 is 2.68 bits per heavy atom. The Kier molecular flexibility index (Phi) is 8.61. The number of nitrogens with one attached hydrogen (secondary N) is 3. The zero-order chi connectivity index (χ0) is 26.5. The molecule has 2 aliphatic rings. The first-order valence-corrected chi connectivity index (χ1v) is 14.0. The molecule has 3 N–H and O–H groups in total. The van der Waals surface area contributed by atoms with Crippen LogP contribution in [0.15, 0.2) is 41.0 Å². The first-order valence-electron chi connectivity index (χ1n) is 13.2. The van der Waals surface area contributed by atoms with Gasteiger partial charge >= 0.3 is 0 Å². The van der Waals surface area contributed by atoms with Crippen LogP contribution >= 0.6 is 15.9 Å². The number of amides is 1. The van der Waals surface area contributed by atoms with Crippen molar-refractivity contribution in [1.29, 1.82) is 0 Å². The average Bonchev–Trinajstić information content (AvgIpc) is 2.94. The molecule has 2 fully saturated rings. The molecule has 1 amide bonds. The topological polar surface area (TPSA) is 101 Å². The molecule has 3 aromatic rings. The number of anilines is 2. The van der Waals surface area contributed by atoms with Crippen molar-refractivity contribution in [2.45, 2.75) is 31.7 Å². The minimum absolute atomic E-state index is 0.0910. The minimum Gasteiger partial charge on any atom is -0.495 e. The molecule has 0 unspecified atom stereocenters. The number of carbonyl (C=O) groups is 1. The summed E-state index contributed by atoms with van der Waals surface area (Å²) in [5, 5.41) is 10.7. The Bertz CT molecular complexity index is 1270. The second kappa shape index (κ2) is 12.3. The molecule has 0 radical (unpaired) electrons. The molecule has 1 aromatic heterocycles. The largest absolute Gasteiger partial charge is 0.495 e. The molecular formula is C28H35BrN6O3. The lowest BCUT2D eigenvalue weighted by Crippen LogP contribution is -2.43. The van der Waals surface area contributed by atoms with Gasteiger partial charge in [0.15, 0.2) is 0 Å². The van der Waals surface area contributed by atoms with E-state index in [1.807, 2.05) is 18.2 Å². The monoisotopic (exact) mass is 582 g/mol. The van der Waals surface area contributed by atoms with E-state index in [0.29, 0.717) is 35.5 Å². The van der Waals surface area contributed by atoms with Gasteiger partial charge in [-0.3, -0.25) is 4.79 Å². The van der Waals surface area contributed by atoms with Gasteiger partial charge < -0.3 is 30.3 Å². The van der Waals surface area contributed by atoms with Crippen LogP contribution < -0.4 is 25.4 Å². The number of likely N-dealkylation sites (tertiary alicyclic amines) is 1. The second-order valence-corrected chi connectivity index (χ2v) is 11.0. The Labute approximate surface area is 231 Å². The van der Waals surface area contributed by atoms with Crippen LogP contribution in [0.3, 0.4) is 0 Å². The third kappa shape index (κ3) is 6.36. The Morgan fingerprint density at radius 1 is 1.13 bits per heavy atom. The fraction of sp³-hybridized carbons (Fsp3) is 0.464. The number of aromatic nitrogens is 2. The summed E-state index contributed by atoms with van der Waals surface area (Å²) >= 11 is 3.61. The van der Waals surface area contributed by atoms with E-state index in [2.05, 4.69) is 48.8 Å². The molecule has 2 aliphatic heterocycles. The first kappa shape index (κ1) is 26.6. The summed E-state index contributed by atoms with van der Waals surface area (Å²) in [5.41, 5.74) is 1.97. The number of ether oxygens (including phenoxy) is 2. The molecule has 0 aliphatic carbocycles. The van der Waals surface area contributed by atoms with Crippen LogP contribution in [0.5, 0.6) is 11.5 Å². The molecule has 9 nitrogen and oxygen atoms in total. The van der Waals surface area contributed by atoms with Crippen molar-refractivity contribution in [2.75, 3.05) is 52.3 Å². The standard InChI is InChI=1S/C28H35BrN6O3/c1-35-13-9-20(10-14-35)32-27(36)19-3-5-23(25(15-19)37-2)33-28-31-16-21-22(29)4-6-24(26(21)34-28)38-17-18-7-11-30-12-8-18/h3-6,15-16,18,20,30H,7-14,17H2,1-2H3,(H,32,36)(H,31,33,34). The number of carbonyl (C=O) groups excluding carboxylic acids is 1. The lowest BCUT2D eigenvalue weighted by Gasteiger charge is -2.29. The molecule has 202 valence electrons. The van der Waals surface area contributed by atoms with Gasteiger partial charge in [-0.15, -0.1) is 0 Å². The zero-order valence-corrected chi connectivity index (χ0v) is 23.5. The van der Waals surface area contributed by atoms with Crippen molar-refractivity contribution in [1.82, 2.24) is 25.5 Å². The number of nitrogens with zero attached hydrogens (tertiary/aromatic N) is 3. The van der Waals surface area contributed by atoms with Gasteiger partial charge in [0.1, 0.15) is 17.0 Å². The second-order valence-electron chi connectivity index (χ2n) is 10.1. The normalized spacial score (nSPS) is 17.3. The van der Waals surface area contributed by atoms with Crippen LogP contribution in [0.4, 0.5) is 11.6 Å². The van der Waals surface area contributed by atoms with E-state index in [9.17, 15) is 4.79 Å². The van der Waals surface area contributed by atoms with Gasteiger partial charge in [0.05, 0.1) is 19.4 Å². The van der Waals surface area contributed by atoms with Crippen LogP contribution in [0, 0.1) is 5.92 Å². The first-order chi connectivity index (χ1) is 18.5. The van der Waals surface area contributed by atoms with Crippen LogP contribution in [-0.2, 0) is 0 Å². The molecule has 0 saturated carbocycles. The highest BCUT2D eigenvalue weighted by atomic mass is 79.9. The molecule has 5 rings (SSSR count). The van der Waals surface area contributed by atoms with Crippen LogP contribution in [-0.4, -0.2) is 73.8 Å². The van der Waals surface area contributed by atoms with Crippen LogP contribution in [0.1, 0.15) is 36.0 Å². The van der Waals surface area contributed by atoms with E-state index < -0.39 is 0 Å². The molecule has 38 heavy (non-hydrogen) atoms. The Hall–Kier alpha value is -2.95. The van der Waals surface area contributed by atoms with Gasteiger partial charge in [-0.25, -0.2) is 9.97 Å². The number of hydrogen-bond acceptors (Lipinski definition) is 8. The van der Waals surface area contributed by atoms with Crippen LogP contribution in [0.25, 0.3) is 10.9 Å². The summed E-state index contributed by atoms with van der Waals surface area (Å²) in [4.78, 5) is 24.5. The van der Waals surface area contributed by atoms with Gasteiger partial charge in [-0.05, 0) is 95.2 Å². The number of methoxy groups -OCH3 is 1. The maximum absolute atomic E-state index is 12.9. The molecule has 2 saturated heterocycles. The van der Waals surface area contributed by atoms with Crippen molar-refractivity contribution < 1.29 is 14.3 Å². The smallest absolute Gasteiger partial charge is 0.251 e. The number of hydrogen-bond donors (Lipinski definition) is 3. The number of halogens is 1. The van der Waals surface area contributed by atoms with E-state index in [-0.39, 0.29) is 11.9 Å². The van der Waals surface area contributed by atoms with Gasteiger partial charge in [0.25, 0.3) is 5.91 Å². The van der Waals surface area contributed by atoms with Crippen molar-refractivity contribution >= 4 is 44.4 Å². The van der Waals surface area contributed by atoms with Crippen molar-refractivity contribution in [2.24, 2.45) is 5.92 Å². The van der Waals surface area contributed by atoms with Gasteiger partial charge in [-0.1, -0.05) is 15.9 Å². The summed E-state index contributed by atoms with van der Waals surface area (Å²) in [6, 6.07) is 9.47. The average molecular weight is 584 g/mol. The zero-order valence-electron chi connectivity index (χ0n) is 21.9. The van der Waals surface area contributed by atoms with E-state index in [1.54, 1.807) is 25.4 Å². The summed E-state index contributed by atoms with van der Waals surface area (Å²) in [6.45, 7) is 4.71. The highest BCUT2D eigenvalue weighted by Gasteiger charge is 2.20. The lowest BCUT2D eigenvalue weighted by molar-refractivity contribution is 0.0916. The summed E-state index contributed by atoms with van der Waals surface area (Å²) in [7, 11) is 3.69. The highest BCUT2D eigenvalue weighted by molar-refractivity contribution is 9.10. The number of benzene rings is 2. The number of fused-ring (bicyclic) bond motifs is 1. The molecule has 0 spiro atoms. The third-order valence-corrected chi connectivity index (χ3v) is 8.05. The van der Waals surface area contributed by atoms with Gasteiger partial charge in [-0.2, -0.15) is 0 Å². The van der Waals surface area contributed by atoms with Crippen molar-refractivity contribution in [3.8, 4) is 11.5 Å². The SMILES string of the molecule is COc1cc(C(=O)NC2CCN(C)CC2)ccc1Nc1ncc2c(Br)ccc(OCC3CCNCC3)c2n1.